The fourth-order valence-corrected chi connectivity index (χ4v) is 4.52. The summed E-state index contributed by atoms with van der Waals surface area (Å²) >= 11 is 6.45. The summed E-state index contributed by atoms with van der Waals surface area (Å²) in [5, 5.41) is 5.61. The van der Waals surface area contributed by atoms with E-state index in [-0.39, 0.29) is 45.6 Å². The van der Waals surface area contributed by atoms with Gasteiger partial charge >= 0.3 is 19.2 Å². The van der Waals surface area contributed by atoms with Gasteiger partial charge in [-0.25, -0.2) is 0 Å². The van der Waals surface area contributed by atoms with Crippen LogP contribution in [-0.2, 0) is 14.3 Å². The van der Waals surface area contributed by atoms with Crippen LogP contribution in [0.1, 0.15) is 52.7 Å². The van der Waals surface area contributed by atoms with E-state index in [0.717, 1.165) is 32.1 Å². The first-order chi connectivity index (χ1) is 17.6. The predicted molar refractivity (Wildman–Crippen MR) is 122 cm³/mol. The number of halogens is 5. The summed E-state index contributed by atoms with van der Waals surface area (Å²) in [5.74, 6) is -3.95. The van der Waals surface area contributed by atoms with Gasteiger partial charge in [-0.3, -0.25) is 14.4 Å². The Balaban J connectivity index is 1.77. The van der Waals surface area contributed by atoms with Crippen LogP contribution in [0.15, 0.2) is 30.3 Å². The predicted octanol–water partition coefficient (Wildman–Crippen LogP) is 5.02. The zero-order chi connectivity index (χ0) is 26.9. The highest BCUT2D eigenvalue weighted by Crippen LogP contribution is 2.46. The molecule has 4 rings (SSSR count). The van der Waals surface area contributed by atoms with Crippen LogP contribution in [0, 0.1) is 5.92 Å². The highest BCUT2D eigenvalue weighted by atomic mass is 35.5. The SMILES string of the molecule is COC(=O)CC(c1ccc(OC(F)F)c(OC(F)F)c1)C1NC(=O)c2c(NC(=O)C3CC3)ccc(Cl)c21. The van der Waals surface area contributed by atoms with E-state index < -0.39 is 48.6 Å². The van der Waals surface area contributed by atoms with E-state index in [0.29, 0.717) is 0 Å². The van der Waals surface area contributed by atoms with Gasteiger partial charge in [0.1, 0.15) is 0 Å². The van der Waals surface area contributed by atoms with Crippen molar-refractivity contribution in [1.29, 1.82) is 0 Å². The van der Waals surface area contributed by atoms with Crippen molar-refractivity contribution < 1.29 is 46.2 Å². The Morgan fingerprint density at radius 3 is 2.38 bits per heavy atom. The number of benzene rings is 2. The number of rotatable bonds is 10. The summed E-state index contributed by atoms with van der Waals surface area (Å²) in [6.45, 7) is -6.66. The molecule has 2 unspecified atom stereocenters. The molecule has 2 amide bonds. The lowest BCUT2D eigenvalue weighted by atomic mass is 9.84. The third-order valence-electron chi connectivity index (χ3n) is 6.07. The maximum atomic E-state index is 13.0. The van der Waals surface area contributed by atoms with Crippen LogP contribution in [0.25, 0.3) is 0 Å². The van der Waals surface area contributed by atoms with Crippen molar-refractivity contribution in [2.75, 3.05) is 12.4 Å². The summed E-state index contributed by atoms with van der Waals surface area (Å²) in [4.78, 5) is 37.7. The van der Waals surface area contributed by atoms with Crippen LogP contribution in [0.2, 0.25) is 5.02 Å². The number of esters is 1. The standard InChI is InChI=1S/C24H21ClF4N2O6/c1-35-17(32)9-12(11-4-7-15(36-23(26)27)16(8-11)37-24(28)29)20-18-13(25)5-6-14(19(18)22(34)31-20)30-21(33)10-2-3-10/h4-8,10,12,20,23-24H,2-3,9H2,1H3,(H,30,33)(H,31,34). The van der Waals surface area contributed by atoms with E-state index in [4.69, 9.17) is 16.3 Å². The van der Waals surface area contributed by atoms with Crippen molar-refractivity contribution in [2.45, 2.75) is 44.4 Å². The zero-order valence-corrected chi connectivity index (χ0v) is 20.0. The molecule has 2 atom stereocenters. The average Bonchev–Trinajstić information content (AvgIpc) is 3.63. The molecule has 8 nitrogen and oxygen atoms in total. The normalized spacial score (nSPS) is 17.3. The molecule has 0 saturated heterocycles. The summed E-state index contributed by atoms with van der Waals surface area (Å²) in [7, 11) is 1.14. The smallest absolute Gasteiger partial charge is 0.387 e. The maximum Gasteiger partial charge on any atom is 0.387 e. The number of carbonyl (C=O) groups is 3. The van der Waals surface area contributed by atoms with Gasteiger partial charge in [-0.1, -0.05) is 17.7 Å². The molecule has 1 aliphatic carbocycles. The molecule has 198 valence electrons. The highest BCUT2D eigenvalue weighted by Gasteiger charge is 2.41. The van der Waals surface area contributed by atoms with E-state index in [1.165, 1.54) is 18.2 Å². The number of nitrogens with one attached hydrogen (secondary N) is 2. The lowest BCUT2D eigenvalue weighted by Gasteiger charge is -2.26. The summed E-state index contributed by atoms with van der Waals surface area (Å²) in [5.41, 5.74) is 0.779. The number of fused-ring (bicyclic) bond motifs is 1. The molecule has 2 N–H and O–H groups in total. The lowest BCUT2D eigenvalue weighted by molar-refractivity contribution is -0.141. The minimum atomic E-state index is -3.35. The van der Waals surface area contributed by atoms with Gasteiger partial charge in [0.15, 0.2) is 11.5 Å². The lowest BCUT2D eigenvalue weighted by Crippen LogP contribution is -2.27. The monoisotopic (exact) mass is 544 g/mol. The minimum Gasteiger partial charge on any atom is -0.469 e. The van der Waals surface area contributed by atoms with Crippen molar-refractivity contribution in [2.24, 2.45) is 5.92 Å². The Morgan fingerprint density at radius 1 is 1.08 bits per heavy atom. The van der Waals surface area contributed by atoms with Crippen molar-refractivity contribution in [3.63, 3.8) is 0 Å². The fourth-order valence-electron chi connectivity index (χ4n) is 4.24. The van der Waals surface area contributed by atoms with Gasteiger partial charge in [-0.15, -0.1) is 0 Å². The van der Waals surface area contributed by atoms with E-state index >= 15 is 0 Å². The van der Waals surface area contributed by atoms with E-state index in [9.17, 15) is 31.9 Å². The van der Waals surface area contributed by atoms with Crippen LogP contribution >= 0.6 is 11.6 Å². The van der Waals surface area contributed by atoms with Gasteiger partial charge in [0, 0.05) is 22.4 Å². The number of anilines is 1. The highest BCUT2D eigenvalue weighted by molar-refractivity contribution is 6.32. The van der Waals surface area contributed by atoms with E-state index in [2.05, 4.69) is 20.1 Å². The van der Waals surface area contributed by atoms with E-state index in [1.807, 2.05) is 0 Å². The molecule has 1 fully saturated rings. The first-order valence-electron chi connectivity index (χ1n) is 11.1. The maximum absolute atomic E-state index is 13.0. The molecule has 13 heteroatoms. The number of hydrogen-bond acceptors (Lipinski definition) is 6. The van der Waals surface area contributed by atoms with Crippen LogP contribution in [0.3, 0.4) is 0 Å². The summed E-state index contributed by atoms with van der Waals surface area (Å²) in [6, 6.07) is 5.30. The van der Waals surface area contributed by atoms with Crippen molar-refractivity contribution in [3.05, 3.63) is 52.0 Å². The van der Waals surface area contributed by atoms with Gasteiger partial charge in [0.05, 0.1) is 30.8 Å². The molecule has 1 saturated carbocycles. The number of amides is 2. The Morgan fingerprint density at radius 2 is 1.76 bits per heavy atom. The largest absolute Gasteiger partial charge is 0.469 e. The van der Waals surface area contributed by atoms with Gasteiger partial charge in [0.2, 0.25) is 5.91 Å². The molecule has 0 aromatic heterocycles. The van der Waals surface area contributed by atoms with Gasteiger partial charge in [-0.05, 0) is 42.7 Å². The molecule has 1 aliphatic heterocycles. The molecule has 2 aliphatic rings. The van der Waals surface area contributed by atoms with Crippen LogP contribution in [0.4, 0.5) is 23.2 Å². The molecule has 0 radical (unpaired) electrons. The molecule has 37 heavy (non-hydrogen) atoms. The van der Waals surface area contributed by atoms with Gasteiger partial charge < -0.3 is 24.8 Å². The third-order valence-corrected chi connectivity index (χ3v) is 6.40. The summed E-state index contributed by atoms with van der Waals surface area (Å²) in [6.07, 6.45) is 1.14. The fraction of sp³-hybridized carbons (Fsp3) is 0.375. The topological polar surface area (TPSA) is 103 Å². The van der Waals surface area contributed by atoms with Crippen LogP contribution < -0.4 is 20.1 Å². The van der Waals surface area contributed by atoms with Crippen molar-refractivity contribution >= 4 is 35.1 Å². The quantitative estimate of drug-likeness (QED) is 0.321. The Bertz CT molecular complexity index is 1220. The molecule has 2 aromatic rings. The second kappa shape index (κ2) is 10.8. The first-order valence-corrected chi connectivity index (χ1v) is 11.5. The number of carbonyl (C=O) groups excluding carboxylic acids is 3. The Hall–Kier alpha value is -3.54. The van der Waals surface area contributed by atoms with Crippen molar-refractivity contribution in [1.82, 2.24) is 5.32 Å². The second-order valence-corrected chi connectivity index (χ2v) is 8.86. The number of methoxy groups -OCH3 is 1. The summed E-state index contributed by atoms with van der Waals surface area (Å²) < 4.78 is 65.0. The molecule has 0 bridgehead atoms. The van der Waals surface area contributed by atoms with Crippen LogP contribution in [-0.4, -0.2) is 38.1 Å². The van der Waals surface area contributed by atoms with Crippen LogP contribution in [0.5, 0.6) is 11.5 Å². The Labute approximate surface area is 213 Å². The number of alkyl halides is 4. The second-order valence-electron chi connectivity index (χ2n) is 8.45. The molecular formula is C24H21ClF4N2O6. The molecule has 1 heterocycles. The average molecular weight is 545 g/mol. The van der Waals surface area contributed by atoms with E-state index in [1.54, 1.807) is 0 Å². The molecule has 2 aromatic carbocycles. The van der Waals surface area contributed by atoms with Gasteiger partial charge in [0.25, 0.3) is 5.91 Å². The number of hydrogen-bond donors (Lipinski definition) is 2. The molecule has 0 spiro atoms. The third kappa shape index (κ3) is 5.90. The first kappa shape index (κ1) is 26.5. The van der Waals surface area contributed by atoms with Gasteiger partial charge in [-0.2, -0.15) is 17.6 Å². The molecular weight excluding hydrogens is 524 g/mol. The minimum absolute atomic E-state index is 0.100. The van der Waals surface area contributed by atoms with Crippen molar-refractivity contribution in [3.8, 4) is 11.5 Å². The zero-order valence-electron chi connectivity index (χ0n) is 19.2. The number of ether oxygens (including phenoxy) is 3. The Kier molecular flexibility index (Phi) is 7.76.